The molecule has 0 saturated carbocycles. The first-order valence-corrected chi connectivity index (χ1v) is 11.9. The largest absolute Gasteiger partial charge is 0.384 e. The first kappa shape index (κ1) is 23.8. The number of hydrogen-bond donors (Lipinski definition) is 3. The molecular weight excluding hydrogens is 457 g/mol. The van der Waals surface area contributed by atoms with Gasteiger partial charge in [0.2, 0.25) is 5.91 Å². The highest BCUT2D eigenvalue weighted by atomic mass is 19.1. The van der Waals surface area contributed by atoms with E-state index in [1.165, 1.54) is 18.5 Å². The molecule has 1 amide bonds. The fourth-order valence-corrected chi connectivity index (χ4v) is 5.94. The Bertz CT molecular complexity index is 1260. The number of nitrogens with zero attached hydrogens (tertiary/aromatic N) is 2. The smallest absolute Gasteiger partial charge is 0.239 e. The summed E-state index contributed by atoms with van der Waals surface area (Å²) in [4.78, 5) is 21.5. The quantitative estimate of drug-likeness (QED) is 0.526. The third-order valence-corrected chi connectivity index (χ3v) is 7.70. The van der Waals surface area contributed by atoms with Gasteiger partial charge in [0.15, 0.2) is 5.82 Å². The maximum absolute atomic E-state index is 15.7. The number of likely N-dealkylation sites (tertiary alicyclic amines) is 1. The Morgan fingerprint density at radius 2 is 1.91 bits per heavy atom. The summed E-state index contributed by atoms with van der Waals surface area (Å²) < 4.78 is 43.7. The maximum Gasteiger partial charge on any atom is 0.239 e. The summed E-state index contributed by atoms with van der Waals surface area (Å²) in [5.41, 5.74) is 0.582. The van der Waals surface area contributed by atoms with Gasteiger partial charge in [-0.05, 0) is 35.7 Å². The van der Waals surface area contributed by atoms with Gasteiger partial charge in [0.25, 0.3) is 0 Å². The van der Waals surface area contributed by atoms with Crippen molar-refractivity contribution in [1.82, 2.24) is 20.2 Å². The van der Waals surface area contributed by atoms with E-state index in [0.29, 0.717) is 22.3 Å². The fraction of sp³-hybridized carbons (Fsp3) is 0.462. The molecule has 2 fully saturated rings. The fourth-order valence-electron chi connectivity index (χ4n) is 5.94. The van der Waals surface area contributed by atoms with Gasteiger partial charge in [0.1, 0.15) is 23.2 Å². The first-order chi connectivity index (χ1) is 16.6. The van der Waals surface area contributed by atoms with Gasteiger partial charge in [-0.3, -0.25) is 4.79 Å². The summed E-state index contributed by atoms with van der Waals surface area (Å²) in [7, 11) is 0. The number of aromatic amines is 1. The van der Waals surface area contributed by atoms with Crippen molar-refractivity contribution in [1.29, 1.82) is 0 Å². The zero-order valence-corrected chi connectivity index (χ0v) is 19.9. The van der Waals surface area contributed by atoms with Gasteiger partial charge in [0, 0.05) is 55.8 Å². The van der Waals surface area contributed by atoms with Gasteiger partial charge in [-0.25, -0.2) is 18.2 Å². The van der Waals surface area contributed by atoms with Crippen molar-refractivity contribution < 1.29 is 23.1 Å². The molecule has 186 valence electrons. The Hall–Kier alpha value is -2.91. The number of nitrogens with one attached hydrogen (secondary N) is 2. The molecule has 2 saturated heterocycles. The van der Waals surface area contributed by atoms with Gasteiger partial charge in [-0.15, -0.1) is 0 Å². The first-order valence-electron chi connectivity index (χ1n) is 11.9. The van der Waals surface area contributed by atoms with Crippen molar-refractivity contribution in [3.63, 3.8) is 0 Å². The number of amides is 1. The van der Waals surface area contributed by atoms with Crippen LogP contribution in [0, 0.1) is 30.4 Å². The van der Waals surface area contributed by atoms with E-state index in [-0.39, 0.29) is 42.9 Å². The monoisotopic (exact) mass is 486 g/mol. The highest BCUT2D eigenvalue weighted by Gasteiger charge is 2.49. The van der Waals surface area contributed by atoms with Crippen LogP contribution in [0.3, 0.4) is 0 Å². The Morgan fingerprint density at radius 1 is 1.20 bits per heavy atom. The second-order valence-electron chi connectivity index (χ2n) is 10.0. The molecule has 0 aliphatic carbocycles. The van der Waals surface area contributed by atoms with Crippen LogP contribution in [0.4, 0.5) is 13.2 Å². The molecular formula is C26H29F3N4O2. The van der Waals surface area contributed by atoms with E-state index in [2.05, 4.69) is 15.3 Å². The molecule has 1 unspecified atom stereocenters. The van der Waals surface area contributed by atoms with Gasteiger partial charge in [-0.1, -0.05) is 19.9 Å². The number of pyridine rings is 1. The number of rotatable bonds is 3. The van der Waals surface area contributed by atoms with Crippen molar-refractivity contribution in [2.24, 2.45) is 11.8 Å². The van der Waals surface area contributed by atoms with Crippen LogP contribution in [0.2, 0.25) is 0 Å². The van der Waals surface area contributed by atoms with Gasteiger partial charge >= 0.3 is 0 Å². The normalized spacial score (nSPS) is 29.2. The average molecular weight is 487 g/mol. The summed E-state index contributed by atoms with van der Waals surface area (Å²) in [6, 6.07) is 4.14. The number of aryl methyl sites for hydroxylation is 1. The predicted octanol–water partition coefficient (Wildman–Crippen LogP) is 3.82. The van der Waals surface area contributed by atoms with Crippen LogP contribution < -0.4 is 5.32 Å². The molecule has 1 aromatic carbocycles. The van der Waals surface area contributed by atoms with Crippen LogP contribution in [-0.2, 0) is 10.4 Å². The Kier molecular flexibility index (Phi) is 5.88. The highest BCUT2D eigenvalue weighted by molar-refractivity contribution is 5.93. The SMILES string of the molecule is Cc1cc(-c2ccnc3[nH]cc(F)c23)cc(F)c1C1(O)[C@H](C)CN(C(=O)[C@@H]2C[C@@H](F)CN2)C[C@@H]1C. The molecule has 3 N–H and O–H groups in total. The van der Waals surface area contributed by atoms with E-state index in [1.54, 1.807) is 37.8 Å². The topological polar surface area (TPSA) is 81.2 Å². The lowest BCUT2D eigenvalue weighted by atomic mass is 9.69. The molecule has 3 aromatic rings. The van der Waals surface area contributed by atoms with Gasteiger partial charge in [0.05, 0.1) is 11.4 Å². The number of H-pyrrole nitrogens is 1. The molecule has 0 spiro atoms. The second-order valence-corrected chi connectivity index (χ2v) is 10.0. The molecule has 5 rings (SSSR count). The van der Waals surface area contributed by atoms with E-state index in [4.69, 9.17) is 0 Å². The van der Waals surface area contributed by atoms with E-state index in [9.17, 15) is 18.7 Å². The number of benzene rings is 1. The lowest BCUT2D eigenvalue weighted by Crippen LogP contribution is -2.58. The highest BCUT2D eigenvalue weighted by Crippen LogP contribution is 2.45. The third-order valence-electron chi connectivity index (χ3n) is 7.70. The lowest BCUT2D eigenvalue weighted by Gasteiger charge is -2.49. The molecule has 2 aromatic heterocycles. The Balaban J connectivity index is 1.48. The van der Waals surface area contributed by atoms with E-state index < -0.39 is 41.3 Å². The van der Waals surface area contributed by atoms with Gasteiger partial charge in [-0.2, -0.15) is 0 Å². The van der Waals surface area contributed by atoms with E-state index in [1.807, 2.05) is 0 Å². The number of hydrogen-bond acceptors (Lipinski definition) is 4. The van der Waals surface area contributed by atoms with Crippen molar-refractivity contribution in [3.8, 4) is 11.1 Å². The summed E-state index contributed by atoms with van der Waals surface area (Å²) in [5, 5.41) is 15.1. The van der Waals surface area contributed by atoms with E-state index >= 15 is 4.39 Å². The van der Waals surface area contributed by atoms with Crippen molar-refractivity contribution in [3.05, 3.63) is 53.4 Å². The molecule has 9 heteroatoms. The molecule has 0 radical (unpaired) electrons. The average Bonchev–Trinajstić information content (AvgIpc) is 3.42. The standard InChI is InChI=1S/C26H29F3N4O2/c1-13-6-16(18-4-5-30-24-22(18)20(29)10-32-24)7-19(28)23(13)26(35)14(2)11-33(12-15(26)3)25(34)21-8-17(27)9-31-21/h4-7,10,14-15,17,21,31,35H,8-9,11-12H2,1-3H3,(H,30,32)/t14-,15+,17-,21+,26?/m1/s1. The van der Waals surface area contributed by atoms with Crippen LogP contribution in [0.5, 0.6) is 0 Å². The van der Waals surface area contributed by atoms with Crippen molar-refractivity contribution in [2.75, 3.05) is 19.6 Å². The minimum atomic E-state index is -1.51. The zero-order chi connectivity index (χ0) is 25.1. The Labute approximate surface area is 201 Å². The molecule has 4 heterocycles. The maximum atomic E-state index is 15.7. The zero-order valence-electron chi connectivity index (χ0n) is 19.9. The summed E-state index contributed by atoms with van der Waals surface area (Å²) in [6.07, 6.45) is 1.84. The summed E-state index contributed by atoms with van der Waals surface area (Å²) >= 11 is 0. The minimum absolute atomic E-state index is 0.140. The number of aliphatic hydroxyl groups is 1. The molecule has 5 atom stereocenters. The van der Waals surface area contributed by atoms with Crippen LogP contribution >= 0.6 is 0 Å². The van der Waals surface area contributed by atoms with Crippen LogP contribution in [0.25, 0.3) is 22.2 Å². The number of carbonyl (C=O) groups excluding carboxylic acids is 1. The van der Waals surface area contributed by atoms with Crippen molar-refractivity contribution >= 4 is 16.9 Å². The van der Waals surface area contributed by atoms with Crippen LogP contribution in [0.1, 0.15) is 31.4 Å². The van der Waals surface area contributed by atoms with Crippen LogP contribution in [-0.4, -0.2) is 57.7 Å². The molecule has 6 nitrogen and oxygen atoms in total. The molecule has 2 aliphatic rings. The number of carbonyl (C=O) groups is 1. The predicted molar refractivity (Wildman–Crippen MR) is 126 cm³/mol. The molecule has 35 heavy (non-hydrogen) atoms. The molecule has 2 aliphatic heterocycles. The Morgan fingerprint density at radius 3 is 2.54 bits per heavy atom. The summed E-state index contributed by atoms with van der Waals surface area (Å²) in [5.74, 6) is -2.18. The van der Waals surface area contributed by atoms with Crippen molar-refractivity contribution in [2.45, 2.75) is 45.0 Å². The number of piperidine rings is 1. The van der Waals surface area contributed by atoms with Gasteiger partial charge < -0.3 is 20.3 Å². The van der Waals surface area contributed by atoms with Crippen LogP contribution in [0.15, 0.2) is 30.6 Å². The number of halogens is 3. The second kappa shape index (κ2) is 8.64. The third kappa shape index (κ3) is 3.81. The minimum Gasteiger partial charge on any atom is -0.384 e. The number of fused-ring (bicyclic) bond motifs is 1. The lowest BCUT2D eigenvalue weighted by molar-refractivity contribution is -0.151. The number of alkyl halides is 1. The van der Waals surface area contributed by atoms with E-state index in [0.717, 1.165) is 0 Å². The summed E-state index contributed by atoms with van der Waals surface area (Å²) in [6.45, 7) is 5.94. The molecule has 0 bridgehead atoms. The number of aromatic nitrogens is 2.